The third-order valence-electron chi connectivity index (χ3n) is 3.27. The Morgan fingerprint density at radius 2 is 1.75 bits per heavy atom. The molecular weight excluding hydrogens is 258 g/mol. The summed E-state index contributed by atoms with van der Waals surface area (Å²) in [5.41, 5.74) is 0.977. The van der Waals surface area contributed by atoms with E-state index in [1.165, 1.54) is 0 Å². The predicted molar refractivity (Wildman–Crippen MR) is 75.4 cm³/mol. The van der Waals surface area contributed by atoms with Crippen LogP contribution in [-0.4, -0.2) is 39.6 Å². The van der Waals surface area contributed by atoms with Crippen molar-refractivity contribution in [3.63, 3.8) is 0 Å². The van der Waals surface area contributed by atoms with Gasteiger partial charge < -0.3 is 10.2 Å². The Morgan fingerprint density at radius 1 is 1.15 bits per heavy atom. The third-order valence-corrected chi connectivity index (χ3v) is 3.27. The molecular formula is C15H21NO4. The number of nitrogens with zero attached hydrogens (tertiary/aromatic N) is 1. The first kappa shape index (κ1) is 16.2. The molecule has 2 N–H and O–H groups in total. The number of aliphatic carboxylic acids is 2. The van der Waals surface area contributed by atoms with Crippen molar-refractivity contribution < 1.29 is 19.8 Å². The second-order valence-corrected chi connectivity index (χ2v) is 4.92. The minimum Gasteiger partial charge on any atom is -0.481 e. The van der Waals surface area contributed by atoms with Crippen molar-refractivity contribution in [2.45, 2.75) is 32.9 Å². The summed E-state index contributed by atoms with van der Waals surface area (Å²) in [6, 6.07) is 8.81. The molecule has 0 aliphatic carbocycles. The lowest BCUT2D eigenvalue weighted by Crippen LogP contribution is -2.43. The lowest BCUT2D eigenvalue weighted by atomic mass is 10.1. The van der Waals surface area contributed by atoms with E-state index in [1.54, 1.807) is 18.7 Å². The van der Waals surface area contributed by atoms with Crippen LogP contribution in [0.25, 0.3) is 0 Å². The molecule has 2 atom stereocenters. The van der Waals surface area contributed by atoms with Crippen molar-refractivity contribution in [3.8, 4) is 0 Å². The number of hydrogen-bond acceptors (Lipinski definition) is 3. The molecule has 0 radical (unpaired) electrons. The lowest BCUT2D eigenvalue weighted by molar-refractivity contribution is -0.147. The van der Waals surface area contributed by atoms with Crippen LogP contribution in [0.15, 0.2) is 30.3 Å². The topological polar surface area (TPSA) is 77.8 Å². The Labute approximate surface area is 118 Å². The molecule has 0 bridgehead atoms. The summed E-state index contributed by atoms with van der Waals surface area (Å²) in [6.07, 6.45) is 0.439. The highest BCUT2D eigenvalue weighted by atomic mass is 16.4. The van der Waals surface area contributed by atoms with Gasteiger partial charge in [0, 0.05) is 13.1 Å². The van der Waals surface area contributed by atoms with Gasteiger partial charge in [0.2, 0.25) is 0 Å². The number of carboxylic acids is 2. The van der Waals surface area contributed by atoms with Crippen LogP contribution in [0.2, 0.25) is 0 Å². The first-order chi connectivity index (χ1) is 9.45. The highest BCUT2D eigenvalue weighted by molar-refractivity contribution is 5.74. The number of carbonyl (C=O) groups is 2. The van der Waals surface area contributed by atoms with E-state index in [0.29, 0.717) is 13.0 Å². The summed E-state index contributed by atoms with van der Waals surface area (Å²) >= 11 is 0. The molecule has 1 rings (SSSR count). The van der Waals surface area contributed by atoms with Gasteiger partial charge in [-0.15, -0.1) is 0 Å². The van der Waals surface area contributed by atoms with E-state index in [9.17, 15) is 14.7 Å². The molecule has 5 nitrogen and oxygen atoms in total. The van der Waals surface area contributed by atoms with Gasteiger partial charge in [-0.25, -0.2) is 0 Å². The summed E-state index contributed by atoms with van der Waals surface area (Å²) in [7, 11) is 0. The van der Waals surface area contributed by atoms with Crippen molar-refractivity contribution in [3.05, 3.63) is 35.9 Å². The van der Waals surface area contributed by atoms with E-state index < -0.39 is 23.9 Å². The Bertz CT molecular complexity index is 446. The van der Waals surface area contributed by atoms with Crippen molar-refractivity contribution >= 4 is 11.9 Å². The molecule has 0 amide bonds. The van der Waals surface area contributed by atoms with Crippen molar-refractivity contribution in [1.29, 1.82) is 0 Å². The van der Waals surface area contributed by atoms with E-state index in [1.807, 2.05) is 30.3 Å². The molecule has 1 aromatic rings. The van der Waals surface area contributed by atoms with Gasteiger partial charge in [-0.1, -0.05) is 44.2 Å². The molecule has 0 aromatic heterocycles. The minimum atomic E-state index is -0.916. The highest BCUT2D eigenvalue weighted by Gasteiger charge is 2.27. The maximum Gasteiger partial charge on any atom is 0.320 e. The van der Waals surface area contributed by atoms with Gasteiger partial charge in [0.15, 0.2) is 0 Å². The summed E-state index contributed by atoms with van der Waals surface area (Å²) < 4.78 is 0. The fourth-order valence-corrected chi connectivity index (χ4v) is 2.14. The quantitative estimate of drug-likeness (QED) is 0.761. The number of hydrogen-bond donors (Lipinski definition) is 2. The number of rotatable bonds is 8. The third kappa shape index (κ3) is 4.66. The molecule has 5 heteroatoms. The van der Waals surface area contributed by atoms with Gasteiger partial charge in [-0.3, -0.25) is 14.5 Å². The van der Waals surface area contributed by atoms with Crippen LogP contribution in [-0.2, 0) is 16.1 Å². The molecule has 0 spiro atoms. The summed E-state index contributed by atoms with van der Waals surface area (Å²) in [5, 5.41) is 18.3. The lowest BCUT2D eigenvalue weighted by Gasteiger charge is -2.29. The van der Waals surface area contributed by atoms with E-state index in [2.05, 4.69) is 0 Å². The fourth-order valence-electron chi connectivity index (χ4n) is 2.14. The van der Waals surface area contributed by atoms with Crippen LogP contribution >= 0.6 is 0 Å². The Kier molecular flexibility index (Phi) is 6.18. The smallest absolute Gasteiger partial charge is 0.320 e. The summed E-state index contributed by atoms with van der Waals surface area (Å²) in [4.78, 5) is 24.0. The van der Waals surface area contributed by atoms with Crippen molar-refractivity contribution in [2.75, 3.05) is 6.54 Å². The molecule has 0 saturated heterocycles. The van der Waals surface area contributed by atoms with Crippen LogP contribution in [0, 0.1) is 5.92 Å². The number of benzene rings is 1. The zero-order valence-corrected chi connectivity index (χ0v) is 11.8. The SMILES string of the molecule is CCC(C(=O)O)N(Cc1ccccc1)CC(C)C(=O)O. The Balaban J connectivity index is 2.88. The largest absolute Gasteiger partial charge is 0.481 e. The van der Waals surface area contributed by atoms with Crippen LogP contribution in [0.4, 0.5) is 0 Å². The monoisotopic (exact) mass is 279 g/mol. The number of carboxylic acid groups (broad SMARTS) is 2. The fraction of sp³-hybridized carbons (Fsp3) is 0.467. The molecule has 0 fully saturated rings. The van der Waals surface area contributed by atoms with Crippen LogP contribution in [0.1, 0.15) is 25.8 Å². The predicted octanol–water partition coefficient (Wildman–Crippen LogP) is 2.07. The molecule has 20 heavy (non-hydrogen) atoms. The van der Waals surface area contributed by atoms with Crippen molar-refractivity contribution in [1.82, 2.24) is 4.90 Å². The maximum atomic E-state index is 11.3. The zero-order valence-electron chi connectivity index (χ0n) is 11.8. The van der Waals surface area contributed by atoms with E-state index in [-0.39, 0.29) is 6.54 Å². The summed E-state index contributed by atoms with van der Waals surface area (Å²) in [6.45, 7) is 4.04. The standard InChI is InChI=1S/C15H21NO4/c1-3-13(15(19)20)16(9-11(2)14(17)18)10-12-7-5-4-6-8-12/h4-8,11,13H,3,9-10H2,1-2H3,(H,17,18)(H,19,20). The second-order valence-electron chi connectivity index (χ2n) is 4.92. The molecule has 0 saturated carbocycles. The van der Waals surface area contributed by atoms with E-state index in [0.717, 1.165) is 5.56 Å². The molecule has 1 aromatic carbocycles. The van der Waals surface area contributed by atoms with Gasteiger partial charge in [-0.05, 0) is 12.0 Å². The maximum absolute atomic E-state index is 11.3. The van der Waals surface area contributed by atoms with Gasteiger partial charge in [0.25, 0.3) is 0 Å². The Hall–Kier alpha value is -1.88. The van der Waals surface area contributed by atoms with Crippen LogP contribution in [0.3, 0.4) is 0 Å². The summed E-state index contributed by atoms with van der Waals surface area (Å²) in [5.74, 6) is -2.43. The van der Waals surface area contributed by atoms with E-state index in [4.69, 9.17) is 5.11 Å². The van der Waals surface area contributed by atoms with Crippen LogP contribution < -0.4 is 0 Å². The van der Waals surface area contributed by atoms with Gasteiger partial charge in [-0.2, -0.15) is 0 Å². The van der Waals surface area contributed by atoms with E-state index >= 15 is 0 Å². The van der Waals surface area contributed by atoms with Gasteiger partial charge in [0.05, 0.1) is 5.92 Å². The van der Waals surface area contributed by atoms with Gasteiger partial charge >= 0.3 is 11.9 Å². The molecule has 0 heterocycles. The first-order valence-corrected chi connectivity index (χ1v) is 6.69. The molecule has 0 aliphatic heterocycles. The van der Waals surface area contributed by atoms with Crippen LogP contribution in [0.5, 0.6) is 0 Å². The zero-order chi connectivity index (χ0) is 15.1. The first-order valence-electron chi connectivity index (χ1n) is 6.69. The van der Waals surface area contributed by atoms with Crippen molar-refractivity contribution in [2.24, 2.45) is 5.92 Å². The molecule has 110 valence electrons. The molecule has 0 aliphatic rings. The average Bonchev–Trinajstić information content (AvgIpc) is 2.39. The highest BCUT2D eigenvalue weighted by Crippen LogP contribution is 2.14. The Morgan fingerprint density at radius 3 is 2.20 bits per heavy atom. The molecule has 2 unspecified atom stereocenters. The normalized spacial score (nSPS) is 13.9. The second kappa shape index (κ2) is 7.65. The average molecular weight is 279 g/mol. The van der Waals surface area contributed by atoms with Gasteiger partial charge in [0.1, 0.15) is 6.04 Å². The minimum absolute atomic E-state index is 0.217.